The van der Waals surface area contributed by atoms with Crippen LogP contribution in [0.5, 0.6) is 0 Å². The maximum atomic E-state index is 12.2. The number of Topliss-reactive ketones (excluding diaryl/α,β-unsaturated/α-hetero) is 2. The first kappa shape index (κ1) is 16.9. The molecule has 0 aliphatic heterocycles. The molecule has 1 aliphatic carbocycles. The fourth-order valence-electron chi connectivity index (χ4n) is 2.28. The van der Waals surface area contributed by atoms with Crippen molar-refractivity contribution < 1.29 is 9.59 Å². The first-order valence-electron chi connectivity index (χ1n) is 7.08. The molecule has 2 nitrogen and oxygen atoms in total. The number of carbonyl (C=O) groups is 2. The standard InChI is InChI=1S/C17H23ClO2/c1-11(7-5-6-10-18)8-9-15-14(4)16(19)12(2)13(3)17(15)20/h8H,5-7,9-10H2,1-4H3/b11-8+. The summed E-state index contributed by atoms with van der Waals surface area (Å²) in [5, 5.41) is 0. The third-order valence-corrected chi connectivity index (χ3v) is 4.19. The van der Waals surface area contributed by atoms with Crippen molar-refractivity contribution in [2.45, 2.75) is 53.4 Å². The summed E-state index contributed by atoms with van der Waals surface area (Å²) >= 11 is 5.65. The summed E-state index contributed by atoms with van der Waals surface area (Å²) in [5.74, 6) is 0.711. The van der Waals surface area contributed by atoms with Gasteiger partial charge in [-0.05, 0) is 53.4 Å². The number of alkyl halides is 1. The normalized spacial score (nSPS) is 17.4. The third kappa shape index (κ3) is 3.92. The largest absolute Gasteiger partial charge is 0.289 e. The molecule has 0 aromatic rings. The molecule has 0 N–H and O–H groups in total. The molecule has 0 heterocycles. The Labute approximate surface area is 126 Å². The van der Waals surface area contributed by atoms with Crippen LogP contribution in [0.1, 0.15) is 53.4 Å². The van der Waals surface area contributed by atoms with Crippen LogP contribution >= 0.6 is 11.6 Å². The first-order chi connectivity index (χ1) is 9.40. The number of hydrogen-bond donors (Lipinski definition) is 0. The number of hydrogen-bond acceptors (Lipinski definition) is 2. The van der Waals surface area contributed by atoms with E-state index in [4.69, 9.17) is 11.6 Å². The van der Waals surface area contributed by atoms with Crippen molar-refractivity contribution in [3.05, 3.63) is 33.9 Å². The molecule has 0 aromatic heterocycles. The van der Waals surface area contributed by atoms with Gasteiger partial charge >= 0.3 is 0 Å². The quantitative estimate of drug-likeness (QED) is 0.312. The summed E-state index contributed by atoms with van der Waals surface area (Å²) < 4.78 is 0. The summed E-state index contributed by atoms with van der Waals surface area (Å²) in [6.45, 7) is 7.28. The summed E-state index contributed by atoms with van der Waals surface area (Å²) in [7, 11) is 0. The number of carbonyl (C=O) groups excluding carboxylic acids is 2. The molecular weight excluding hydrogens is 272 g/mol. The highest BCUT2D eigenvalue weighted by molar-refractivity contribution is 6.24. The molecule has 0 saturated heterocycles. The van der Waals surface area contributed by atoms with Crippen LogP contribution in [-0.4, -0.2) is 17.4 Å². The van der Waals surface area contributed by atoms with Gasteiger partial charge in [-0.1, -0.05) is 11.6 Å². The van der Waals surface area contributed by atoms with Crippen LogP contribution in [0.3, 0.4) is 0 Å². The monoisotopic (exact) mass is 294 g/mol. The van der Waals surface area contributed by atoms with Gasteiger partial charge in [-0.15, -0.1) is 11.6 Å². The van der Waals surface area contributed by atoms with Crippen LogP contribution in [-0.2, 0) is 9.59 Å². The molecule has 0 amide bonds. The molecule has 0 saturated carbocycles. The van der Waals surface area contributed by atoms with Crippen molar-refractivity contribution in [2.75, 3.05) is 5.88 Å². The van der Waals surface area contributed by atoms with E-state index in [1.807, 2.05) is 0 Å². The molecule has 0 aromatic carbocycles. The van der Waals surface area contributed by atoms with Gasteiger partial charge in [0.2, 0.25) is 0 Å². The Morgan fingerprint density at radius 3 is 2.20 bits per heavy atom. The van der Waals surface area contributed by atoms with Crippen molar-refractivity contribution in [1.82, 2.24) is 0 Å². The van der Waals surface area contributed by atoms with E-state index in [1.165, 1.54) is 5.57 Å². The van der Waals surface area contributed by atoms with E-state index in [0.29, 0.717) is 34.6 Å². The average molecular weight is 295 g/mol. The zero-order valence-corrected chi connectivity index (χ0v) is 13.6. The Hall–Kier alpha value is -1.15. The van der Waals surface area contributed by atoms with Crippen molar-refractivity contribution in [1.29, 1.82) is 0 Å². The Morgan fingerprint density at radius 2 is 1.60 bits per heavy atom. The van der Waals surface area contributed by atoms with E-state index in [0.717, 1.165) is 19.3 Å². The highest BCUT2D eigenvalue weighted by Gasteiger charge is 2.26. The van der Waals surface area contributed by atoms with Gasteiger partial charge in [0.15, 0.2) is 11.6 Å². The first-order valence-corrected chi connectivity index (χ1v) is 7.61. The van der Waals surface area contributed by atoms with Crippen LogP contribution in [0, 0.1) is 0 Å². The molecule has 0 fully saturated rings. The number of allylic oxidation sites excluding steroid dienone is 6. The van der Waals surface area contributed by atoms with Gasteiger partial charge in [-0.3, -0.25) is 9.59 Å². The third-order valence-electron chi connectivity index (χ3n) is 3.92. The van der Waals surface area contributed by atoms with Crippen LogP contribution in [0.4, 0.5) is 0 Å². The van der Waals surface area contributed by atoms with Crippen LogP contribution in [0.25, 0.3) is 0 Å². The van der Waals surface area contributed by atoms with Crippen molar-refractivity contribution in [3.8, 4) is 0 Å². The van der Waals surface area contributed by atoms with E-state index in [-0.39, 0.29) is 11.6 Å². The molecular formula is C17H23ClO2. The topological polar surface area (TPSA) is 34.1 Å². The lowest BCUT2D eigenvalue weighted by Gasteiger charge is -2.17. The number of halogens is 1. The van der Waals surface area contributed by atoms with E-state index in [9.17, 15) is 9.59 Å². The summed E-state index contributed by atoms with van der Waals surface area (Å²) in [6, 6.07) is 0. The lowest BCUT2D eigenvalue weighted by Crippen LogP contribution is -2.20. The molecule has 1 rings (SSSR count). The van der Waals surface area contributed by atoms with Gasteiger partial charge < -0.3 is 0 Å². The summed E-state index contributed by atoms with van der Waals surface area (Å²) in [6.07, 6.45) is 5.68. The highest BCUT2D eigenvalue weighted by atomic mass is 35.5. The Bertz CT molecular complexity index is 507. The van der Waals surface area contributed by atoms with Gasteiger partial charge in [0.05, 0.1) is 0 Å². The smallest absolute Gasteiger partial charge is 0.185 e. The van der Waals surface area contributed by atoms with Crippen LogP contribution in [0.2, 0.25) is 0 Å². The zero-order chi connectivity index (χ0) is 15.3. The Balaban J connectivity index is 2.79. The lowest BCUT2D eigenvalue weighted by molar-refractivity contribution is -0.116. The van der Waals surface area contributed by atoms with Gasteiger partial charge in [-0.2, -0.15) is 0 Å². The molecule has 0 bridgehead atoms. The second-order valence-corrected chi connectivity index (χ2v) is 5.79. The van der Waals surface area contributed by atoms with Crippen molar-refractivity contribution in [2.24, 2.45) is 0 Å². The Kier molecular flexibility index (Phi) is 6.41. The molecule has 0 spiro atoms. The van der Waals surface area contributed by atoms with E-state index >= 15 is 0 Å². The van der Waals surface area contributed by atoms with Gasteiger partial charge in [0.1, 0.15) is 0 Å². The summed E-state index contributed by atoms with van der Waals surface area (Å²) in [4.78, 5) is 24.3. The highest BCUT2D eigenvalue weighted by Crippen LogP contribution is 2.27. The van der Waals surface area contributed by atoms with Gasteiger partial charge in [0, 0.05) is 28.2 Å². The molecule has 0 unspecified atom stereocenters. The average Bonchev–Trinajstić information content (AvgIpc) is 2.43. The summed E-state index contributed by atoms with van der Waals surface area (Å²) in [5.41, 5.74) is 3.67. The van der Waals surface area contributed by atoms with E-state index in [2.05, 4.69) is 13.0 Å². The zero-order valence-electron chi connectivity index (χ0n) is 12.8. The van der Waals surface area contributed by atoms with Crippen LogP contribution in [0.15, 0.2) is 33.9 Å². The minimum absolute atomic E-state index is 0.00490. The molecule has 0 atom stereocenters. The molecule has 0 radical (unpaired) electrons. The Morgan fingerprint density at radius 1 is 1.00 bits per heavy atom. The fourth-order valence-corrected chi connectivity index (χ4v) is 2.47. The molecule has 20 heavy (non-hydrogen) atoms. The number of unbranched alkanes of at least 4 members (excludes halogenated alkanes) is 1. The fraction of sp³-hybridized carbons (Fsp3) is 0.529. The van der Waals surface area contributed by atoms with Gasteiger partial charge in [-0.25, -0.2) is 0 Å². The predicted molar refractivity (Wildman–Crippen MR) is 84.0 cm³/mol. The van der Waals surface area contributed by atoms with Crippen LogP contribution < -0.4 is 0 Å². The lowest BCUT2D eigenvalue weighted by atomic mass is 9.84. The van der Waals surface area contributed by atoms with E-state index < -0.39 is 0 Å². The van der Waals surface area contributed by atoms with Crippen molar-refractivity contribution >= 4 is 23.2 Å². The second kappa shape index (κ2) is 7.58. The molecule has 1 aliphatic rings. The van der Waals surface area contributed by atoms with Crippen molar-refractivity contribution in [3.63, 3.8) is 0 Å². The van der Waals surface area contributed by atoms with E-state index in [1.54, 1.807) is 20.8 Å². The second-order valence-electron chi connectivity index (χ2n) is 5.41. The number of ketones is 2. The minimum Gasteiger partial charge on any atom is -0.289 e. The molecule has 3 heteroatoms. The van der Waals surface area contributed by atoms with Gasteiger partial charge in [0.25, 0.3) is 0 Å². The SMILES string of the molecule is CC1=C(C)C(=O)C(C/C=C(\C)CCCCCl)=C(C)C1=O. The molecule has 110 valence electrons. The minimum atomic E-state index is 0.00490. The predicted octanol–water partition coefficient (Wildman–Crippen LogP) is 4.54. The number of rotatable bonds is 6. The maximum Gasteiger partial charge on any atom is 0.185 e. The maximum absolute atomic E-state index is 12.2.